The number of rotatable bonds is 6. The van der Waals surface area contributed by atoms with Crippen molar-refractivity contribution in [1.29, 1.82) is 0 Å². The van der Waals surface area contributed by atoms with Crippen LogP contribution in [0.5, 0.6) is 0 Å². The van der Waals surface area contributed by atoms with E-state index in [2.05, 4.69) is 20.7 Å². The van der Waals surface area contributed by atoms with Gasteiger partial charge in [-0.3, -0.25) is 0 Å². The van der Waals surface area contributed by atoms with E-state index < -0.39 is 32.7 Å². The molecule has 0 saturated heterocycles. The van der Waals surface area contributed by atoms with Crippen molar-refractivity contribution < 1.29 is 22.3 Å². The summed E-state index contributed by atoms with van der Waals surface area (Å²) in [6.07, 6.45) is 0.311. The SMILES string of the molecule is CC(O)CCCNS(=O)(=O)c1c(F)cc(F)cc1Br. The minimum atomic E-state index is -4.06. The van der Waals surface area contributed by atoms with E-state index in [1.54, 1.807) is 6.92 Å². The first-order valence-electron chi connectivity index (χ1n) is 5.56. The largest absolute Gasteiger partial charge is 0.393 e. The van der Waals surface area contributed by atoms with E-state index in [0.717, 1.165) is 6.07 Å². The molecule has 4 nitrogen and oxygen atoms in total. The Bertz CT molecular complexity index is 526. The maximum Gasteiger partial charge on any atom is 0.244 e. The number of hydrogen-bond acceptors (Lipinski definition) is 3. The molecule has 2 N–H and O–H groups in total. The van der Waals surface area contributed by atoms with E-state index in [4.69, 9.17) is 5.11 Å². The van der Waals surface area contributed by atoms with Gasteiger partial charge in [0.1, 0.15) is 16.5 Å². The Kier molecular flexibility index (Phi) is 5.84. The number of nitrogens with one attached hydrogen (secondary N) is 1. The molecule has 0 heterocycles. The summed E-state index contributed by atoms with van der Waals surface area (Å²) in [6, 6.07) is 1.39. The standard InChI is InChI=1S/C11H14BrF2NO3S/c1-7(16)3-2-4-15-19(17,18)11-9(12)5-8(13)6-10(11)14/h5-7,15-16H,2-4H2,1H3. The van der Waals surface area contributed by atoms with E-state index in [1.807, 2.05) is 0 Å². The van der Waals surface area contributed by atoms with Gasteiger partial charge in [-0.05, 0) is 41.8 Å². The summed E-state index contributed by atoms with van der Waals surface area (Å²) in [6.45, 7) is 1.65. The van der Waals surface area contributed by atoms with E-state index in [-0.39, 0.29) is 11.0 Å². The van der Waals surface area contributed by atoms with Crippen molar-refractivity contribution in [2.75, 3.05) is 6.54 Å². The van der Waals surface area contributed by atoms with Gasteiger partial charge < -0.3 is 5.11 Å². The second-order valence-corrected chi connectivity index (χ2v) is 6.65. The van der Waals surface area contributed by atoms with Gasteiger partial charge in [-0.1, -0.05) is 0 Å². The molecule has 1 aromatic carbocycles. The zero-order valence-electron chi connectivity index (χ0n) is 10.2. The highest BCUT2D eigenvalue weighted by Gasteiger charge is 2.23. The second-order valence-electron chi connectivity index (χ2n) is 4.09. The number of halogens is 3. The van der Waals surface area contributed by atoms with Gasteiger partial charge >= 0.3 is 0 Å². The van der Waals surface area contributed by atoms with Gasteiger partial charge in [-0.25, -0.2) is 21.9 Å². The second kappa shape index (κ2) is 6.74. The Morgan fingerprint density at radius 3 is 2.58 bits per heavy atom. The maximum atomic E-state index is 13.5. The average Bonchev–Trinajstić information content (AvgIpc) is 2.22. The van der Waals surface area contributed by atoms with Crippen LogP contribution in [-0.2, 0) is 10.0 Å². The molecule has 1 rings (SSSR count). The molecular formula is C11H14BrF2NO3S. The molecule has 0 fully saturated rings. The third-order valence-corrected chi connectivity index (χ3v) is 4.75. The minimum Gasteiger partial charge on any atom is -0.393 e. The Morgan fingerprint density at radius 1 is 1.42 bits per heavy atom. The lowest BCUT2D eigenvalue weighted by Crippen LogP contribution is -2.26. The maximum absolute atomic E-state index is 13.5. The van der Waals surface area contributed by atoms with Crippen molar-refractivity contribution in [3.8, 4) is 0 Å². The predicted molar refractivity (Wildman–Crippen MR) is 70.2 cm³/mol. The third kappa shape index (κ3) is 4.79. The first kappa shape index (κ1) is 16.5. The van der Waals surface area contributed by atoms with Crippen LogP contribution in [0.1, 0.15) is 19.8 Å². The molecule has 19 heavy (non-hydrogen) atoms. The summed E-state index contributed by atoms with van der Waals surface area (Å²) < 4.78 is 52.1. The van der Waals surface area contributed by atoms with Crippen LogP contribution in [0.2, 0.25) is 0 Å². The molecule has 1 unspecified atom stereocenters. The minimum absolute atomic E-state index is 0.0660. The topological polar surface area (TPSA) is 66.4 Å². The summed E-state index contributed by atoms with van der Waals surface area (Å²) >= 11 is 2.83. The molecule has 0 aliphatic carbocycles. The summed E-state index contributed by atoms with van der Waals surface area (Å²) in [7, 11) is -4.06. The number of aliphatic hydroxyl groups is 1. The smallest absolute Gasteiger partial charge is 0.244 e. The zero-order valence-corrected chi connectivity index (χ0v) is 12.6. The van der Waals surface area contributed by atoms with Crippen molar-refractivity contribution in [2.45, 2.75) is 30.8 Å². The molecule has 0 aromatic heterocycles. The van der Waals surface area contributed by atoms with Crippen LogP contribution < -0.4 is 4.72 Å². The van der Waals surface area contributed by atoms with Gasteiger partial charge in [0.05, 0.1) is 6.10 Å². The molecule has 0 amide bonds. The van der Waals surface area contributed by atoms with Gasteiger partial charge in [-0.15, -0.1) is 0 Å². The predicted octanol–water partition coefficient (Wildman–Crippen LogP) is 2.17. The summed E-state index contributed by atoms with van der Waals surface area (Å²) in [5.74, 6) is -2.02. The van der Waals surface area contributed by atoms with E-state index in [9.17, 15) is 17.2 Å². The van der Waals surface area contributed by atoms with E-state index in [0.29, 0.717) is 18.9 Å². The molecule has 8 heteroatoms. The molecule has 0 aliphatic rings. The van der Waals surface area contributed by atoms with Crippen LogP contribution >= 0.6 is 15.9 Å². The first-order chi connectivity index (χ1) is 8.74. The monoisotopic (exact) mass is 357 g/mol. The van der Waals surface area contributed by atoms with Gasteiger partial charge in [-0.2, -0.15) is 0 Å². The molecule has 0 bridgehead atoms. The highest BCUT2D eigenvalue weighted by Crippen LogP contribution is 2.26. The van der Waals surface area contributed by atoms with Crippen molar-refractivity contribution in [1.82, 2.24) is 4.72 Å². The first-order valence-corrected chi connectivity index (χ1v) is 7.84. The van der Waals surface area contributed by atoms with Crippen LogP contribution in [0.25, 0.3) is 0 Å². The molecule has 1 atom stereocenters. The summed E-state index contributed by atoms with van der Waals surface area (Å²) in [5, 5.41) is 9.03. The normalized spacial score (nSPS) is 13.5. The van der Waals surface area contributed by atoms with Crippen LogP contribution in [0.15, 0.2) is 21.5 Å². The molecule has 0 saturated carbocycles. The number of aliphatic hydroxyl groups excluding tert-OH is 1. The highest BCUT2D eigenvalue weighted by molar-refractivity contribution is 9.10. The lowest BCUT2D eigenvalue weighted by atomic mass is 10.2. The van der Waals surface area contributed by atoms with E-state index >= 15 is 0 Å². The molecule has 0 spiro atoms. The fraction of sp³-hybridized carbons (Fsp3) is 0.455. The fourth-order valence-electron chi connectivity index (χ4n) is 1.46. The van der Waals surface area contributed by atoms with Crippen LogP contribution in [-0.4, -0.2) is 26.2 Å². The molecule has 0 radical (unpaired) electrons. The fourth-order valence-corrected chi connectivity index (χ4v) is 3.70. The molecule has 1 aromatic rings. The molecular weight excluding hydrogens is 344 g/mol. The Labute approximate surface area is 119 Å². The number of sulfonamides is 1. The Balaban J connectivity index is 2.84. The van der Waals surface area contributed by atoms with Crippen LogP contribution in [0.3, 0.4) is 0 Å². The van der Waals surface area contributed by atoms with Gasteiger partial charge in [0.15, 0.2) is 0 Å². The number of hydrogen-bond donors (Lipinski definition) is 2. The van der Waals surface area contributed by atoms with Crippen molar-refractivity contribution >= 4 is 26.0 Å². The quantitative estimate of drug-likeness (QED) is 0.766. The average molecular weight is 358 g/mol. The third-order valence-electron chi connectivity index (χ3n) is 2.32. The van der Waals surface area contributed by atoms with Gasteiger partial charge in [0.25, 0.3) is 0 Å². The van der Waals surface area contributed by atoms with Crippen LogP contribution in [0.4, 0.5) is 8.78 Å². The van der Waals surface area contributed by atoms with Gasteiger partial charge in [0, 0.05) is 17.1 Å². The lowest BCUT2D eigenvalue weighted by molar-refractivity contribution is 0.182. The van der Waals surface area contributed by atoms with Gasteiger partial charge in [0.2, 0.25) is 10.0 Å². The number of benzene rings is 1. The summed E-state index contributed by atoms with van der Waals surface area (Å²) in [5.41, 5.74) is 0. The van der Waals surface area contributed by atoms with E-state index in [1.165, 1.54) is 0 Å². The highest BCUT2D eigenvalue weighted by atomic mass is 79.9. The molecule has 108 valence electrons. The van der Waals surface area contributed by atoms with Crippen molar-refractivity contribution in [3.63, 3.8) is 0 Å². The Hall–Kier alpha value is -0.570. The lowest BCUT2D eigenvalue weighted by Gasteiger charge is -2.10. The zero-order chi connectivity index (χ0) is 14.6. The van der Waals surface area contributed by atoms with Crippen molar-refractivity contribution in [2.24, 2.45) is 0 Å². The van der Waals surface area contributed by atoms with Crippen LogP contribution in [0, 0.1) is 11.6 Å². The molecule has 0 aliphatic heterocycles. The Morgan fingerprint density at radius 2 is 2.05 bits per heavy atom. The van der Waals surface area contributed by atoms with Crippen molar-refractivity contribution in [3.05, 3.63) is 28.2 Å². The summed E-state index contributed by atoms with van der Waals surface area (Å²) in [4.78, 5) is -0.619.